The zero-order valence-electron chi connectivity index (χ0n) is 14.1. The lowest BCUT2D eigenvalue weighted by atomic mass is 10.2. The first kappa shape index (κ1) is 17.8. The molecule has 0 heterocycles. The fraction of sp³-hybridized carbons (Fsp3) is 0.316. The van der Waals surface area contributed by atoms with Crippen LogP contribution in [0.4, 0.5) is 0 Å². The molecule has 0 fully saturated rings. The summed E-state index contributed by atoms with van der Waals surface area (Å²) in [5.41, 5.74) is 1.34. The molecule has 0 aromatic heterocycles. The number of aliphatic hydroxyl groups is 1. The summed E-state index contributed by atoms with van der Waals surface area (Å²) in [6.07, 6.45) is -1.06. The van der Waals surface area contributed by atoms with Gasteiger partial charge in [-0.2, -0.15) is 0 Å². The minimum absolute atomic E-state index is 0.329. The van der Waals surface area contributed by atoms with Crippen molar-refractivity contribution in [1.82, 2.24) is 0 Å². The Kier molecular flexibility index (Phi) is 6.21. The maximum Gasteiger partial charge on any atom is 0.338 e. The zero-order chi connectivity index (χ0) is 17.5. The van der Waals surface area contributed by atoms with Crippen molar-refractivity contribution in [2.75, 3.05) is 7.11 Å². The van der Waals surface area contributed by atoms with Gasteiger partial charge < -0.3 is 19.3 Å². The van der Waals surface area contributed by atoms with Crippen LogP contribution in [0.2, 0.25) is 0 Å². The van der Waals surface area contributed by atoms with Crippen LogP contribution in [0.3, 0.4) is 0 Å². The van der Waals surface area contributed by atoms with Crippen molar-refractivity contribution in [3.8, 4) is 11.5 Å². The summed E-state index contributed by atoms with van der Waals surface area (Å²) in [5, 5.41) is 9.58. The lowest BCUT2D eigenvalue weighted by Crippen LogP contribution is -2.25. The minimum Gasteiger partial charge on any atom is -0.489 e. The Morgan fingerprint density at radius 2 is 1.75 bits per heavy atom. The number of ether oxygens (including phenoxy) is 3. The number of benzene rings is 2. The summed E-state index contributed by atoms with van der Waals surface area (Å²) >= 11 is 0. The summed E-state index contributed by atoms with van der Waals surface area (Å²) in [4.78, 5) is 11.8. The van der Waals surface area contributed by atoms with Gasteiger partial charge in [0.2, 0.25) is 0 Å². The highest BCUT2D eigenvalue weighted by Crippen LogP contribution is 2.25. The van der Waals surface area contributed by atoms with Crippen molar-refractivity contribution in [1.29, 1.82) is 0 Å². The van der Waals surface area contributed by atoms with Crippen molar-refractivity contribution in [2.45, 2.75) is 32.7 Å². The quantitative estimate of drug-likeness (QED) is 0.790. The van der Waals surface area contributed by atoms with Gasteiger partial charge in [0, 0.05) is 6.07 Å². The van der Waals surface area contributed by atoms with E-state index in [1.807, 2.05) is 30.3 Å². The van der Waals surface area contributed by atoms with Gasteiger partial charge in [0.1, 0.15) is 24.2 Å². The van der Waals surface area contributed by atoms with E-state index in [9.17, 15) is 9.90 Å². The van der Waals surface area contributed by atoms with Crippen LogP contribution in [0.25, 0.3) is 0 Å². The molecule has 5 heteroatoms. The van der Waals surface area contributed by atoms with Crippen LogP contribution < -0.4 is 9.47 Å². The Hall–Kier alpha value is -2.53. The molecule has 0 spiro atoms. The molecule has 0 unspecified atom stereocenters. The Bertz CT molecular complexity index is 667. The number of hydrogen-bond donors (Lipinski definition) is 1. The second-order valence-electron chi connectivity index (χ2n) is 5.52. The van der Waals surface area contributed by atoms with Crippen molar-refractivity contribution in [3.05, 3.63) is 59.7 Å². The molecule has 2 atom stereocenters. The van der Waals surface area contributed by atoms with Crippen LogP contribution >= 0.6 is 0 Å². The van der Waals surface area contributed by atoms with Crippen LogP contribution in [0.15, 0.2) is 48.5 Å². The van der Waals surface area contributed by atoms with E-state index in [0.29, 0.717) is 23.7 Å². The van der Waals surface area contributed by atoms with Gasteiger partial charge in [-0.1, -0.05) is 30.3 Å². The van der Waals surface area contributed by atoms with Gasteiger partial charge in [0.25, 0.3) is 0 Å². The predicted molar refractivity (Wildman–Crippen MR) is 90.3 cm³/mol. The third-order valence-electron chi connectivity index (χ3n) is 3.55. The Morgan fingerprint density at radius 1 is 1.08 bits per heavy atom. The fourth-order valence-corrected chi connectivity index (χ4v) is 2.01. The molecule has 0 amide bonds. The molecule has 2 aromatic carbocycles. The first-order valence-electron chi connectivity index (χ1n) is 7.74. The minimum atomic E-state index is -0.638. The van der Waals surface area contributed by atoms with E-state index in [-0.39, 0.29) is 0 Å². The first-order valence-corrected chi connectivity index (χ1v) is 7.74. The van der Waals surface area contributed by atoms with E-state index < -0.39 is 18.2 Å². The summed E-state index contributed by atoms with van der Waals surface area (Å²) in [7, 11) is 1.32. The SMILES string of the molecule is COC(=O)c1cc(OCc2ccccc2)cc(O[C@H](C)[C@@H](C)O)c1. The summed E-state index contributed by atoms with van der Waals surface area (Å²) in [6.45, 7) is 3.76. The lowest BCUT2D eigenvalue weighted by molar-refractivity contribution is 0.0579. The van der Waals surface area contributed by atoms with Crippen LogP contribution in [0.1, 0.15) is 29.8 Å². The number of rotatable bonds is 7. The first-order chi connectivity index (χ1) is 11.5. The molecule has 0 aliphatic heterocycles. The number of methoxy groups -OCH3 is 1. The largest absolute Gasteiger partial charge is 0.489 e. The fourth-order valence-electron chi connectivity index (χ4n) is 2.01. The molecule has 0 aliphatic carbocycles. The molecule has 0 saturated heterocycles. The van der Waals surface area contributed by atoms with E-state index in [1.54, 1.807) is 32.0 Å². The molecule has 0 radical (unpaired) electrons. The summed E-state index contributed by atoms with van der Waals surface area (Å²) in [6, 6.07) is 14.6. The van der Waals surface area contributed by atoms with E-state index in [2.05, 4.69) is 0 Å². The summed E-state index contributed by atoms with van der Waals surface area (Å²) < 4.78 is 16.2. The van der Waals surface area contributed by atoms with E-state index >= 15 is 0 Å². The van der Waals surface area contributed by atoms with Crippen molar-refractivity contribution < 1.29 is 24.1 Å². The van der Waals surface area contributed by atoms with E-state index in [1.165, 1.54) is 7.11 Å². The Morgan fingerprint density at radius 3 is 2.38 bits per heavy atom. The zero-order valence-corrected chi connectivity index (χ0v) is 14.1. The number of esters is 1. The number of hydrogen-bond acceptors (Lipinski definition) is 5. The molecular weight excluding hydrogens is 308 g/mol. The van der Waals surface area contributed by atoms with Crippen LogP contribution in [-0.2, 0) is 11.3 Å². The second-order valence-corrected chi connectivity index (χ2v) is 5.52. The molecular formula is C19H22O5. The van der Waals surface area contributed by atoms with Crippen LogP contribution in [-0.4, -0.2) is 30.4 Å². The van der Waals surface area contributed by atoms with Gasteiger partial charge in [0.05, 0.1) is 18.8 Å². The monoisotopic (exact) mass is 330 g/mol. The van der Waals surface area contributed by atoms with Gasteiger partial charge in [-0.05, 0) is 31.5 Å². The van der Waals surface area contributed by atoms with Gasteiger partial charge in [0.15, 0.2) is 0 Å². The lowest BCUT2D eigenvalue weighted by Gasteiger charge is -2.18. The van der Waals surface area contributed by atoms with Gasteiger partial charge in [-0.25, -0.2) is 4.79 Å². The second kappa shape index (κ2) is 8.36. The molecule has 24 heavy (non-hydrogen) atoms. The topological polar surface area (TPSA) is 65.0 Å². The number of aliphatic hydroxyl groups excluding tert-OH is 1. The number of carbonyl (C=O) groups excluding carboxylic acids is 1. The maximum absolute atomic E-state index is 11.8. The van der Waals surface area contributed by atoms with E-state index in [4.69, 9.17) is 14.2 Å². The highest BCUT2D eigenvalue weighted by atomic mass is 16.5. The third-order valence-corrected chi connectivity index (χ3v) is 3.55. The molecule has 2 aromatic rings. The van der Waals surface area contributed by atoms with E-state index in [0.717, 1.165) is 5.56 Å². The molecule has 5 nitrogen and oxygen atoms in total. The van der Waals surface area contributed by atoms with Gasteiger partial charge in [-0.3, -0.25) is 0 Å². The molecule has 0 aliphatic rings. The average molecular weight is 330 g/mol. The Balaban J connectivity index is 2.20. The molecule has 0 bridgehead atoms. The summed E-state index contributed by atoms with van der Waals surface area (Å²) in [5.74, 6) is 0.457. The normalized spacial score (nSPS) is 13.0. The van der Waals surface area contributed by atoms with Crippen molar-refractivity contribution in [2.24, 2.45) is 0 Å². The molecule has 128 valence electrons. The highest BCUT2D eigenvalue weighted by molar-refractivity contribution is 5.90. The predicted octanol–water partition coefficient (Wildman–Crippen LogP) is 3.20. The molecule has 2 rings (SSSR count). The van der Waals surface area contributed by atoms with Crippen LogP contribution in [0, 0.1) is 0 Å². The van der Waals surface area contributed by atoms with Gasteiger partial charge in [-0.15, -0.1) is 0 Å². The molecule has 0 saturated carbocycles. The van der Waals surface area contributed by atoms with Gasteiger partial charge >= 0.3 is 5.97 Å². The number of carbonyl (C=O) groups is 1. The smallest absolute Gasteiger partial charge is 0.338 e. The van der Waals surface area contributed by atoms with Crippen molar-refractivity contribution in [3.63, 3.8) is 0 Å². The van der Waals surface area contributed by atoms with Crippen molar-refractivity contribution >= 4 is 5.97 Å². The average Bonchev–Trinajstić information content (AvgIpc) is 2.59. The van der Waals surface area contributed by atoms with Crippen LogP contribution in [0.5, 0.6) is 11.5 Å². The highest BCUT2D eigenvalue weighted by Gasteiger charge is 2.15. The molecule has 1 N–H and O–H groups in total. The third kappa shape index (κ3) is 4.99. The maximum atomic E-state index is 11.8. The Labute approximate surface area is 141 Å². The standard InChI is InChI=1S/C19H22O5/c1-13(20)14(2)24-18-10-16(19(21)22-3)9-17(11-18)23-12-15-7-5-4-6-8-15/h4-11,13-14,20H,12H2,1-3H3/t13-,14-/m1/s1.